The van der Waals surface area contributed by atoms with Gasteiger partial charge in [-0.25, -0.2) is 8.42 Å². The number of nitrogens with one attached hydrogen (secondary N) is 2. The molecule has 0 spiro atoms. The van der Waals surface area contributed by atoms with E-state index >= 15 is 0 Å². The molecule has 3 rings (SSSR count). The van der Waals surface area contributed by atoms with Gasteiger partial charge in [-0.3, -0.25) is 13.9 Å². The minimum absolute atomic E-state index is 0.0952. The minimum Gasteiger partial charge on any atom is -0.497 e. The van der Waals surface area contributed by atoms with Gasteiger partial charge in [-0.05, 0) is 48.5 Å². The van der Waals surface area contributed by atoms with Crippen LogP contribution in [-0.2, 0) is 19.6 Å². The first-order valence-electron chi connectivity index (χ1n) is 11.3. The highest BCUT2D eigenvalue weighted by atomic mass is 32.2. The Labute approximate surface area is 221 Å². The summed E-state index contributed by atoms with van der Waals surface area (Å²) in [4.78, 5) is 24.2. The number of rotatable bonds is 11. The summed E-state index contributed by atoms with van der Waals surface area (Å²) in [7, 11) is 1.34. The van der Waals surface area contributed by atoms with E-state index in [0.717, 1.165) is 4.31 Å². The van der Waals surface area contributed by atoms with Crippen LogP contribution in [0, 0.1) is 0 Å². The Bertz CT molecular complexity index is 1410. The van der Waals surface area contributed by atoms with Gasteiger partial charge in [0.15, 0.2) is 11.5 Å². The number of nitrogens with zero attached hydrogens (tertiary/aromatic N) is 1. The summed E-state index contributed by atoms with van der Waals surface area (Å²) in [5.74, 6) is 0.271. The Morgan fingerprint density at radius 1 is 0.737 bits per heavy atom. The number of benzene rings is 3. The Morgan fingerprint density at radius 2 is 1.32 bits per heavy atom. The third-order valence-electron chi connectivity index (χ3n) is 5.37. The molecule has 0 aliphatic rings. The third kappa shape index (κ3) is 6.45. The van der Waals surface area contributed by atoms with Gasteiger partial charge in [0, 0.05) is 30.4 Å². The van der Waals surface area contributed by atoms with Crippen molar-refractivity contribution in [3.8, 4) is 23.0 Å². The number of anilines is 3. The normalized spacial score (nSPS) is 10.8. The molecule has 12 heteroatoms. The lowest BCUT2D eigenvalue weighted by molar-refractivity contribution is -0.115. The summed E-state index contributed by atoms with van der Waals surface area (Å²) in [5, 5.41) is 5.31. The molecule has 0 heterocycles. The summed E-state index contributed by atoms with van der Waals surface area (Å²) in [5.41, 5.74) is 1.05. The van der Waals surface area contributed by atoms with Crippen LogP contribution < -0.4 is 33.9 Å². The second-order valence-corrected chi connectivity index (χ2v) is 9.74. The zero-order valence-electron chi connectivity index (χ0n) is 21.6. The molecule has 0 saturated heterocycles. The van der Waals surface area contributed by atoms with Crippen LogP contribution in [0.2, 0.25) is 0 Å². The van der Waals surface area contributed by atoms with Gasteiger partial charge in [0.25, 0.3) is 10.0 Å². The molecule has 38 heavy (non-hydrogen) atoms. The number of methoxy groups -OCH3 is 4. The van der Waals surface area contributed by atoms with E-state index in [1.165, 1.54) is 59.6 Å². The second-order valence-electron chi connectivity index (χ2n) is 7.87. The third-order valence-corrected chi connectivity index (χ3v) is 7.13. The highest BCUT2D eigenvalue weighted by molar-refractivity contribution is 7.92. The quantitative estimate of drug-likeness (QED) is 0.376. The van der Waals surface area contributed by atoms with Crippen LogP contribution in [0.25, 0.3) is 0 Å². The SMILES string of the molecule is COc1ccc(OC)c(N(CC(=O)Nc2ccc(NC(C)=O)cc2)S(=O)(=O)c2ccc(OC)c(OC)c2)c1. The molecule has 0 aliphatic heterocycles. The van der Waals surface area contributed by atoms with E-state index in [2.05, 4.69) is 10.6 Å². The molecule has 3 aromatic carbocycles. The van der Waals surface area contributed by atoms with Crippen LogP contribution >= 0.6 is 0 Å². The van der Waals surface area contributed by atoms with Crippen LogP contribution in [0.15, 0.2) is 65.6 Å². The fraction of sp³-hybridized carbons (Fsp3) is 0.231. The molecule has 0 aliphatic carbocycles. The molecule has 202 valence electrons. The van der Waals surface area contributed by atoms with Crippen LogP contribution in [-0.4, -0.2) is 55.2 Å². The van der Waals surface area contributed by atoms with E-state index in [1.54, 1.807) is 36.4 Å². The smallest absolute Gasteiger partial charge is 0.265 e. The van der Waals surface area contributed by atoms with E-state index in [9.17, 15) is 18.0 Å². The molecule has 0 aromatic heterocycles. The molecule has 0 saturated carbocycles. The van der Waals surface area contributed by atoms with Crippen molar-refractivity contribution >= 4 is 38.9 Å². The van der Waals surface area contributed by atoms with Gasteiger partial charge >= 0.3 is 0 Å². The van der Waals surface area contributed by atoms with Gasteiger partial charge in [-0.2, -0.15) is 0 Å². The monoisotopic (exact) mass is 543 g/mol. The standard InChI is InChI=1S/C26H29N3O8S/c1-17(30)27-18-6-8-19(9-7-18)28-26(31)16-29(22-14-20(34-2)10-12-23(22)35-3)38(32,33)21-11-13-24(36-4)25(15-21)37-5/h6-15H,16H2,1-5H3,(H,27,30)(H,28,31). The molecule has 0 unspecified atom stereocenters. The summed E-state index contributed by atoms with van der Waals surface area (Å²) in [6, 6.07) is 15.1. The van der Waals surface area contributed by atoms with Crippen molar-refractivity contribution in [3.05, 3.63) is 60.7 Å². The van der Waals surface area contributed by atoms with Crippen LogP contribution in [0.4, 0.5) is 17.1 Å². The van der Waals surface area contributed by atoms with E-state index in [-0.39, 0.29) is 28.0 Å². The van der Waals surface area contributed by atoms with Crippen molar-refractivity contribution in [3.63, 3.8) is 0 Å². The van der Waals surface area contributed by atoms with Gasteiger partial charge in [0.2, 0.25) is 11.8 Å². The van der Waals surface area contributed by atoms with Crippen LogP contribution in [0.1, 0.15) is 6.92 Å². The Balaban J connectivity index is 2.02. The first-order valence-corrected chi connectivity index (χ1v) is 12.7. The Kier molecular flexibility index (Phi) is 9.02. The first-order chi connectivity index (χ1) is 18.1. The second kappa shape index (κ2) is 12.2. The number of sulfonamides is 1. The fourth-order valence-corrected chi connectivity index (χ4v) is 5.01. The number of hydrogen-bond donors (Lipinski definition) is 2. The molecule has 2 amide bonds. The van der Waals surface area contributed by atoms with Gasteiger partial charge in [0.05, 0.1) is 39.0 Å². The summed E-state index contributed by atoms with van der Waals surface area (Å²) in [6.07, 6.45) is 0. The van der Waals surface area contributed by atoms with Crippen LogP contribution in [0.5, 0.6) is 23.0 Å². The van der Waals surface area contributed by atoms with Gasteiger partial charge < -0.3 is 29.6 Å². The maximum atomic E-state index is 13.9. The predicted molar refractivity (Wildman–Crippen MR) is 143 cm³/mol. The number of ether oxygens (including phenoxy) is 4. The summed E-state index contributed by atoms with van der Waals surface area (Å²) < 4.78 is 49.9. The van der Waals surface area contributed by atoms with E-state index in [1.807, 2.05) is 0 Å². The van der Waals surface area contributed by atoms with Crippen molar-refractivity contribution in [1.82, 2.24) is 0 Å². The lowest BCUT2D eigenvalue weighted by Crippen LogP contribution is -2.38. The molecular weight excluding hydrogens is 514 g/mol. The van der Waals surface area contributed by atoms with Crippen molar-refractivity contribution in [2.75, 3.05) is 49.9 Å². The van der Waals surface area contributed by atoms with Crippen molar-refractivity contribution < 1.29 is 37.0 Å². The Hall–Kier alpha value is -4.45. The molecule has 0 radical (unpaired) electrons. The maximum absolute atomic E-state index is 13.9. The van der Waals surface area contributed by atoms with Crippen molar-refractivity contribution in [2.45, 2.75) is 11.8 Å². The lowest BCUT2D eigenvalue weighted by atomic mass is 10.2. The van der Waals surface area contributed by atoms with E-state index in [0.29, 0.717) is 22.9 Å². The lowest BCUT2D eigenvalue weighted by Gasteiger charge is -2.26. The van der Waals surface area contributed by atoms with Gasteiger partial charge in [-0.1, -0.05) is 0 Å². The van der Waals surface area contributed by atoms with Crippen molar-refractivity contribution in [2.24, 2.45) is 0 Å². The Morgan fingerprint density at radius 3 is 1.87 bits per heavy atom. The van der Waals surface area contributed by atoms with Gasteiger partial charge in [0.1, 0.15) is 18.0 Å². The number of carbonyl (C=O) groups excluding carboxylic acids is 2. The molecule has 0 fully saturated rings. The number of carbonyl (C=O) groups is 2. The minimum atomic E-state index is -4.32. The number of hydrogen-bond acceptors (Lipinski definition) is 8. The maximum Gasteiger partial charge on any atom is 0.265 e. The number of amides is 2. The predicted octanol–water partition coefficient (Wildman–Crippen LogP) is 3.51. The first kappa shape index (κ1) is 28.1. The van der Waals surface area contributed by atoms with Crippen LogP contribution in [0.3, 0.4) is 0 Å². The molecular formula is C26H29N3O8S. The van der Waals surface area contributed by atoms with E-state index < -0.39 is 22.5 Å². The molecule has 0 atom stereocenters. The van der Waals surface area contributed by atoms with Gasteiger partial charge in [-0.15, -0.1) is 0 Å². The molecule has 0 bridgehead atoms. The highest BCUT2D eigenvalue weighted by Gasteiger charge is 2.31. The molecule has 11 nitrogen and oxygen atoms in total. The topological polar surface area (TPSA) is 132 Å². The zero-order chi connectivity index (χ0) is 27.9. The summed E-state index contributed by atoms with van der Waals surface area (Å²) in [6.45, 7) is 0.795. The summed E-state index contributed by atoms with van der Waals surface area (Å²) >= 11 is 0. The fourth-order valence-electron chi connectivity index (χ4n) is 3.57. The van der Waals surface area contributed by atoms with Crippen molar-refractivity contribution in [1.29, 1.82) is 0 Å². The average molecular weight is 544 g/mol. The largest absolute Gasteiger partial charge is 0.497 e. The van der Waals surface area contributed by atoms with E-state index in [4.69, 9.17) is 18.9 Å². The highest BCUT2D eigenvalue weighted by Crippen LogP contribution is 2.37. The zero-order valence-corrected chi connectivity index (χ0v) is 22.4. The molecule has 3 aromatic rings. The molecule has 2 N–H and O–H groups in total. The average Bonchev–Trinajstić information content (AvgIpc) is 2.91.